The van der Waals surface area contributed by atoms with Gasteiger partial charge in [-0.15, -0.1) is 5.48 Å². The Morgan fingerprint density at radius 3 is 2.61 bits per heavy atom. The number of nitrogens with two attached hydrogens (primary N) is 1. The summed E-state index contributed by atoms with van der Waals surface area (Å²) in [7, 11) is 0. The fourth-order valence-corrected chi connectivity index (χ4v) is 3.95. The van der Waals surface area contributed by atoms with Crippen molar-refractivity contribution in [3.05, 3.63) is 70.4 Å². The molecule has 3 N–H and O–H groups in total. The van der Waals surface area contributed by atoms with Crippen LogP contribution in [0.1, 0.15) is 34.3 Å². The Kier molecular flexibility index (Phi) is 7.33. The highest BCUT2D eigenvalue weighted by Crippen LogP contribution is 2.25. The predicted octanol–water partition coefficient (Wildman–Crippen LogP) is 4.08. The monoisotopic (exact) mass is 516 g/mol. The van der Waals surface area contributed by atoms with Gasteiger partial charge in [0.25, 0.3) is 5.91 Å². The number of benzene rings is 2. The molecule has 1 fully saturated rings. The lowest BCUT2D eigenvalue weighted by Crippen LogP contribution is -2.46. The Bertz CT molecular complexity index is 1370. The Balaban J connectivity index is 1.43. The second kappa shape index (κ2) is 10.4. The summed E-state index contributed by atoms with van der Waals surface area (Å²) in [5.41, 5.74) is 9.73. The van der Waals surface area contributed by atoms with Crippen LogP contribution in [0.5, 0.6) is 0 Å². The van der Waals surface area contributed by atoms with Gasteiger partial charge in [-0.3, -0.25) is 4.79 Å². The van der Waals surface area contributed by atoms with E-state index in [0.29, 0.717) is 34.6 Å². The summed E-state index contributed by atoms with van der Waals surface area (Å²) in [6, 6.07) is 11.7. The van der Waals surface area contributed by atoms with Crippen molar-refractivity contribution < 1.29 is 27.6 Å². The zero-order valence-corrected chi connectivity index (χ0v) is 19.5. The van der Waals surface area contributed by atoms with Crippen molar-refractivity contribution in [1.29, 1.82) is 0 Å². The lowest BCUT2D eigenvalue weighted by Gasteiger charge is -2.32. The van der Waals surface area contributed by atoms with E-state index in [1.807, 2.05) is 6.07 Å². The molecular formula is C25H20ClF3N4O3. The average Bonchev–Trinajstić information content (AvgIpc) is 2.86. The number of aromatic nitrogens is 1. The van der Waals surface area contributed by atoms with Crippen molar-refractivity contribution in [1.82, 2.24) is 15.4 Å². The Morgan fingerprint density at radius 2 is 1.89 bits per heavy atom. The van der Waals surface area contributed by atoms with E-state index < -0.39 is 18.2 Å². The Hall–Kier alpha value is -3.81. The largest absolute Gasteiger partial charge is 0.492 e. The number of nitrogen functional groups attached to an aromatic ring is 1. The molecule has 1 aliphatic rings. The van der Waals surface area contributed by atoms with Crippen molar-refractivity contribution in [2.45, 2.75) is 25.1 Å². The number of halogens is 4. The van der Waals surface area contributed by atoms with Gasteiger partial charge in [0.1, 0.15) is 5.82 Å². The molecular weight excluding hydrogens is 497 g/mol. The zero-order valence-electron chi connectivity index (χ0n) is 18.7. The summed E-state index contributed by atoms with van der Waals surface area (Å²) in [4.78, 5) is 33.7. The highest BCUT2D eigenvalue weighted by Gasteiger charge is 2.42. The topological polar surface area (TPSA) is 97.6 Å². The van der Waals surface area contributed by atoms with Gasteiger partial charge in [-0.25, -0.2) is 9.78 Å². The summed E-state index contributed by atoms with van der Waals surface area (Å²) >= 11 is 6.13. The number of pyridine rings is 1. The summed E-state index contributed by atoms with van der Waals surface area (Å²) in [5.74, 6) is 3.79. The number of nitrogens with one attached hydrogen (secondary N) is 1. The number of rotatable bonds is 3. The number of fused-ring (bicyclic) bond motifs is 1. The van der Waals surface area contributed by atoms with Crippen molar-refractivity contribution in [2.75, 3.05) is 18.8 Å². The molecule has 36 heavy (non-hydrogen) atoms. The third-order valence-corrected chi connectivity index (χ3v) is 5.89. The molecule has 1 aromatic heterocycles. The molecule has 3 aromatic rings. The fourth-order valence-electron chi connectivity index (χ4n) is 3.77. The van der Waals surface area contributed by atoms with Crippen molar-refractivity contribution in [3.8, 4) is 11.8 Å². The molecule has 2 aromatic carbocycles. The van der Waals surface area contributed by atoms with Gasteiger partial charge >= 0.3 is 12.1 Å². The zero-order chi connectivity index (χ0) is 25.9. The van der Waals surface area contributed by atoms with Crippen LogP contribution >= 0.6 is 11.6 Å². The average molecular weight is 517 g/mol. The van der Waals surface area contributed by atoms with Crippen LogP contribution in [0.2, 0.25) is 5.02 Å². The lowest BCUT2D eigenvalue weighted by molar-refractivity contribution is -0.209. The van der Waals surface area contributed by atoms with Crippen LogP contribution in [0.25, 0.3) is 10.8 Å². The van der Waals surface area contributed by atoms with Crippen LogP contribution in [0.3, 0.4) is 0 Å². The number of amides is 1. The molecule has 0 saturated carbocycles. The first-order valence-electron chi connectivity index (χ1n) is 10.9. The summed E-state index contributed by atoms with van der Waals surface area (Å²) < 4.78 is 36.8. The number of nitrogens with zero attached hydrogens (tertiary/aromatic N) is 2. The molecule has 0 spiro atoms. The first-order valence-corrected chi connectivity index (χ1v) is 11.3. The molecule has 1 saturated heterocycles. The van der Waals surface area contributed by atoms with Crippen LogP contribution in [0, 0.1) is 11.8 Å². The Morgan fingerprint density at radius 1 is 1.14 bits per heavy atom. The minimum absolute atomic E-state index is 0.234. The van der Waals surface area contributed by atoms with E-state index in [-0.39, 0.29) is 24.8 Å². The molecule has 0 radical (unpaired) electrons. The van der Waals surface area contributed by atoms with Crippen LogP contribution in [-0.4, -0.2) is 47.1 Å². The van der Waals surface area contributed by atoms with E-state index in [4.69, 9.17) is 17.3 Å². The second-order valence-electron chi connectivity index (χ2n) is 8.15. The third-order valence-electron chi connectivity index (χ3n) is 5.66. The number of carbonyl (C=O) groups excluding carboxylic acids is 2. The summed E-state index contributed by atoms with van der Waals surface area (Å²) in [6.45, 7) is 0.573. The minimum atomic E-state index is -5.07. The lowest BCUT2D eigenvalue weighted by atomic mass is 10.0. The molecule has 1 amide bonds. The highest BCUT2D eigenvalue weighted by molar-refractivity contribution is 6.31. The van der Waals surface area contributed by atoms with E-state index in [2.05, 4.69) is 27.1 Å². The molecule has 7 nitrogen and oxygen atoms in total. The van der Waals surface area contributed by atoms with E-state index in [1.165, 1.54) is 0 Å². The van der Waals surface area contributed by atoms with E-state index in [1.54, 1.807) is 47.5 Å². The molecule has 186 valence electrons. The van der Waals surface area contributed by atoms with E-state index in [9.17, 15) is 22.8 Å². The fraction of sp³-hybridized carbons (Fsp3) is 0.240. The first kappa shape index (κ1) is 25.3. The van der Waals surface area contributed by atoms with Crippen molar-refractivity contribution >= 4 is 40.1 Å². The maximum absolute atomic E-state index is 13.0. The first-order chi connectivity index (χ1) is 17.1. The number of piperidine rings is 1. The number of hydrogen-bond acceptors (Lipinski definition) is 6. The number of carbonyl (C=O) groups is 2. The third kappa shape index (κ3) is 5.87. The highest BCUT2D eigenvalue weighted by atomic mass is 35.5. The number of hydroxylamine groups is 1. The van der Waals surface area contributed by atoms with Gasteiger partial charge in [0.15, 0.2) is 0 Å². The minimum Gasteiger partial charge on any atom is -0.383 e. The van der Waals surface area contributed by atoms with Gasteiger partial charge in [0, 0.05) is 52.3 Å². The Labute approximate surface area is 209 Å². The summed E-state index contributed by atoms with van der Waals surface area (Å²) in [5, 5.41) is 2.15. The maximum Gasteiger partial charge on any atom is 0.492 e. The van der Waals surface area contributed by atoms with Crippen LogP contribution in [0.15, 0.2) is 48.7 Å². The van der Waals surface area contributed by atoms with Gasteiger partial charge in [0.05, 0.1) is 5.56 Å². The van der Waals surface area contributed by atoms with E-state index in [0.717, 1.165) is 10.8 Å². The molecule has 0 unspecified atom stereocenters. The number of hydrogen-bond donors (Lipinski definition) is 2. The smallest absolute Gasteiger partial charge is 0.383 e. The normalized spacial score (nSPS) is 14.3. The van der Waals surface area contributed by atoms with Gasteiger partial charge in [-0.05, 0) is 43.2 Å². The van der Waals surface area contributed by atoms with Gasteiger partial charge < -0.3 is 15.5 Å². The van der Waals surface area contributed by atoms with Gasteiger partial charge in [0.2, 0.25) is 0 Å². The molecule has 0 aliphatic carbocycles. The SMILES string of the molecule is Nc1ncc2ccc(Cl)cc2c1C#Cc1cccc(C(=O)N2CCC(NOC(=O)C(F)(F)F)CC2)c1. The summed E-state index contributed by atoms with van der Waals surface area (Å²) in [6.07, 6.45) is -2.77. The number of anilines is 1. The molecule has 0 bridgehead atoms. The number of alkyl halides is 3. The number of likely N-dealkylation sites (tertiary alicyclic amines) is 1. The van der Waals surface area contributed by atoms with Crippen molar-refractivity contribution in [3.63, 3.8) is 0 Å². The molecule has 2 heterocycles. The van der Waals surface area contributed by atoms with Gasteiger partial charge in [-0.1, -0.05) is 35.6 Å². The van der Waals surface area contributed by atoms with Gasteiger partial charge in [-0.2, -0.15) is 13.2 Å². The quantitative estimate of drug-likeness (QED) is 0.402. The molecule has 11 heteroatoms. The van der Waals surface area contributed by atoms with Crippen molar-refractivity contribution in [2.24, 2.45) is 0 Å². The standard InChI is InChI=1S/C25H20ClF3N4O3/c26-18-6-5-17-14-31-22(30)20(21(17)13-18)7-4-15-2-1-3-16(12-15)23(34)33-10-8-19(9-11-33)32-36-24(35)25(27,28)29/h1-3,5-6,12-14,19,32H,8-11H2,(H2,30,31). The van der Waals surface area contributed by atoms with E-state index >= 15 is 0 Å². The predicted molar refractivity (Wildman–Crippen MR) is 128 cm³/mol. The van der Waals surface area contributed by atoms with Crippen LogP contribution in [-0.2, 0) is 9.63 Å². The van der Waals surface area contributed by atoms with Crippen LogP contribution < -0.4 is 11.2 Å². The molecule has 1 aliphatic heterocycles. The molecule has 4 rings (SSSR count). The van der Waals surface area contributed by atoms with Crippen LogP contribution in [0.4, 0.5) is 19.0 Å². The molecule has 0 atom stereocenters. The second-order valence-corrected chi connectivity index (χ2v) is 8.59. The maximum atomic E-state index is 13.0.